The third-order valence-electron chi connectivity index (χ3n) is 2.62. The van der Waals surface area contributed by atoms with Crippen LogP contribution in [0, 0.1) is 0 Å². The maximum absolute atomic E-state index is 11.4. The predicted octanol–water partition coefficient (Wildman–Crippen LogP) is 2.22. The Labute approximate surface area is 109 Å². The van der Waals surface area contributed by atoms with Crippen molar-refractivity contribution < 1.29 is 0 Å². The largest absolute Gasteiger partial charge is 0.315 e. The number of nitrogens with zero attached hydrogens (tertiary/aromatic N) is 2. The number of hydrogen-bond acceptors (Lipinski definition) is 5. The first-order valence-electron chi connectivity index (χ1n) is 5.23. The smallest absolute Gasteiger partial charge is 0.267 e. The van der Waals surface area contributed by atoms with Crippen LogP contribution in [0.1, 0.15) is 17.0 Å². The van der Waals surface area contributed by atoms with E-state index in [0.717, 1.165) is 18.0 Å². The predicted molar refractivity (Wildman–Crippen MR) is 70.0 cm³/mol. The number of anilines is 2. The number of nitrogens with one attached hydrogen (secondary N) is 2. The van der Waals surface area contributed by atoms with Crippen LogP contribution in [0.3, 0.4) is 0 Å². The molecule has 1 aliphatic rings. The van der Waals surface area contributed by atoms with E-state index in [9.17, 15) is 4.79 Å². The quantitative estimate of drug-likeness (QED) is 0.892. The first-order valence-corrected chi connectivity index (χ1v) is 6.84. The number of fused-ring (bicyclic) bond motifs is 1. The Kier molecular flexibility index (Phi) is 2.71. The highest BCUT2D eigenvalue weighted by Crippen LogP contribution is 2.32. The summed E-state index contributed by atoms with van der Waals surface area (Å²) in [7, 11) is 0. The zero-order valence-corrected chi connectivity index (χ0v) is 11.2. The summed E-state index contributed by atoms with van der Waals surface area (Å²) in [6, 6.07) is 0. The van der Waals surface area contributed by atoms with Gasteiger partial charge in [-0.2, -0.15) is 0 Å². The van der Waals surface area contributed by atoms with Gasteiger partial charge in [-0.05, 0) is 35.2 Å². The lowest BCUT2D eigenvalue weighted by atomic mass is 10.4. The van der Waals surface area contributed by atoms with Gasteiger partial charge in [0.2, 0.25) is 0 Å². The van der Waals surface area contributed by atoms with Crippen LogP contribution in [0.4, 0.5) is 10.9 Å². The van der Waals surface area contributed by atoms with Gasteiger partial charge in [0, 0.05) is 4.88 Å². The molecule has 0 aliphatic heterocycles. The topological polar surface area (TPSA) is 70.7 Å². The van der Waals surface area contributed by atoms with E-state index in [1.165, 1.54) is 23.3 Å². The highest BCUT2D eigenvalue weighted by molar-refractivity contribution is 9.10. The Balaban J connectivity index is 1.91. The van der Waals surface area contributed by atoms with Gasteiger partial charge < -0.3 is 10.3 Å². The van der Waals surface area contributed by atoms with Gasteiger partial charge in [0.1, 0.15) is 4.47 Å². The molecule has 3 rings (SSSR count). The number of aromatic amines is 1. The average molecular weight is 313 g/mol. The molecular formula is C10H9BrN4OS. The van der Waals surface area contributed by atoms with Crippen LogP contribution in [0.5, 0.6) is 0 Å². The normalized spacial score (nSPS) is 13.7. The molecule has 2 N–H and O–H groups in total. The minimum Gasteiger partial charge on any atom is -0.315 e. The number of thiazole rings is 1. The SMILES string of the molecule is O=c1[nH]cnc(Nc2nc3c(s2)CCC3)c1Br. The second-order valence-corrected chi connectivity index (χ2v) is 5.64. The number of aromatic nitrogens is 3. The highest BCUT2D eigenvalue weighted by atomic mass is 79.9. The molecule has 2 aromatic rings. The van der Waals surface area contributed by atoms with Gasteiger partial charge in [-0.25, -0.2) is 9.97 Å². The first-order chi connectivity index (χ1) is 8.24. The standard InChI is InChI=1S/C10H9BrN4OS/c11-7-8(12-4-13-9(7)16)15-10-14-5-2-1-3-6(5)17-10/h4H,1-3H2,(H2,12,13,14,15,16). The third-order valence-corrected chi connectivity index (χ3v) is 4.43. The van der Waals surface area contributed by atoms with Gasteiger partial charge in [-0.15, -0.1) is 11.3 Å². The molecule has 0 atom stereocenters. The van der Waals surface area contributed by atoms with E-state index in [2.05, 4.69) is 36.2 Å². The van der Waals surface area contributed by atoms with E-state index in [4.69, 9.17) is 0 Å². The molecule has 0 unspecified atom stereocenters. The molecule has 7 heteroatoms. The summed E-state index contributed by atoms with van der Waals surface area (Å²) in [4.78, 5) is 23.8. The van der Waals surface area contributed by atoms with Crippen molar-refractivity contribution in [1.29, 1.82) is 0 Å². The number of H-pyrrole nitrogens is 1. The van der Waals surface area contributed by atoms with Crippen LogP contribution in [-0.2, 0) is 12.8 Å². The molecule has 0 saturated heterocycles. The minimum absolute atomic E-state index is 0.202. The summed E-state index contributed by atoms with van der Waals surface area (Å²) in [6.45, 7) is 0. The summed E-state index contributed by atoms with van der Waals surface area (Å²) in [5.74, 6) is 0.501. The highest BCUT2D eigenvalue weighted by Gasteiger charge is 2.17. The summed E-state index contributed by atoms with van der Waals surface area (Å²) < 4.78 is 0.398. The molecule has 5 nitrogen and oxygen atoms in total. The van der Waals surface area contributed by atoms with Crippen molar-refractivity contribution in [3.63, 3.8) is 0 Å². The van der Waals surface area contributed by atoms with Gasteiger partial charge in [0.25, 0.3) is 5.56 Å². The van der Waals surface area contributed by atoms with Crippen LogP contribution in [0.15, 0.2) is 15.6 Å². The van der Waals surface area contributed by atoms with Gasteiger partial charge in [-0.1, -0.05) is 0 Å². The maximum Gasteiger partial charge on any atom is 0.267 e. The van der Waals surface area contributed by atoms with Crippen LogP contribution in [-0.4, -0.2) is 15.0 Å². The van der Waals surface area contributed by atoms with Gasteiger partial charge >= 0.3 is 0 Å². The Morgan fingerprint density at radius 1 is 1.47 bits per heavy atom. The average Bonchev–Trinajstić information content (AvgIpc) is 2.85. The third kappa shape index (κ3) is 2.00. The molecule has 88 valence electrons. The fourth-order valence-corrected chi connectivity index (χ4v) is 3.18. The van der Waals surface area contributed by atoms with E-state index >= 15 is 0 Å². The molecule has 2 aromatic heterocycles. The molecule has 0 bridgehead atoms. The number of halogens is 1. The Hall–Kier alpha value is -1.21. The second kappa shape index (κ2) is 4.23. The molecular weight excluding hydrogens is 304 g/mol. The summed E-state index contributed by atoms with van der Waals surface area (Å²) >= 11 is 4.84. The van der Waals surface area contributed by atoms with Crippen molar-refractivity contribution in [3.05, 3.63) is 31.7 Å². The van der Waals surface area contributed by atoms with Crippen LogP contribution < -0.4 is 10.9 Å². The van der Waals surface area contributed by atoms with Crippen molar-refractivity contribution in [2.75, 3.05) is 5.32 Å². The van der Waals surface area contributed by atoms with E-state index < -0.39 is 0 Å². The fourth-order valence-electron chi connectivity index (χ4n) is 1.82. The van der Waals surface area contributed by atoms with Crippen molar-refractivity contribution in [3.8, 4) is 0 Å². The van der Waals surface area contributed by atoms with E-state index in [1.54, 1.807) is 11.3 Å². The van der Waals surface area contributed by atoms with E-state index in [-0.39, 0.29) is 5.56 Å². The molecule has 0 amide bonds. The fraction of sp³-hybridized carbons (Fsp3) is 0.300. The van der Waals surface area contributed by atoms with Crippen molar-refractivity contribution in [2.45, 2.75) is 19.3 Å². The lowest BCUT2D eigenvalue weighted by Gasteiger charge is -2.02. The lowest BCUT2D eigenvalue weighted by molar-refractivity contribution is 0.900. The zero-order chi connectivity index (χ0) is 11.8. The van der Waals surface area contributed by atoms with Crippen LogP contribution in [0.25, 0.3) is 0 Å². The summed E-state index contributed by atoms with van der Waals surface area (Å²) in [6.07, 6.45) is 4.73. The molecule has 2 heterocycles. The lowest BCUT2D eigenvalue weighted by Crippen LogP contribution is -2.09. The maximum atomic E-state index is 11.4. The molecule has 1 aliphatic carbocycles. The van der Waals surface area contributed by atoms with Crippen LogP contribution >= 0.6 is 27.3 Å². The molecule has 0 saturated carbocycles. The first kappa shape index (κ1) is 10.9. The molecule has 0 radical (unpaired) electrons. The molecule has 0 spiro atoms. The minimum atomic E-state index is -0.202. The van der Waals surface area contributed by atoms with Crippen molar-refractivity contribution in [1.82, 2.24) is 15.0 Å². The van der Waals surface area contributed by atoms with Crippen molar-refractivity contribution in [2.24, 2.45) is 0 Å². The monoisotopic (exact) mass is 312 g/mol. The van der Waals surface area contributed by atoms with Crippen LogP contribution in [0.2, 0.25) is 0 Å². The summed E-state index contributed by atoms with van der Waals surface area (Å²) in [5.41, 5.74) is 0.977. The van der Waals surface area contributed by atoms with Gasteiger partial charge in [0.15, 0.2) is 10.9 Å². The second-order valence-electron chi connectivity index (χ2n) is 3.76. The zero-order valence-electron chi connectivity index (χ0n) is 8.79. The Bertz CT molecular complexity index is 600. The van der Waals surface area contributed by atoms with E-state index in [1.807, 2.05) is 0 Å². The number of hydrogen-bond donors (Lipinski definition) is 2. The molecule has 0 fully saturated rings. The van der Waals surface area contributed by atoms with E-state index in [0.29, 0.717) is 10.3 Å². The van der Waals surface area contributed by atoms with Crippen molar-refractivity contribution >= 4 is 38.2 Å². The Morgan fingerprint density at radius 3 is 3.18 bits per heavy atom. The van der Waals surface area contributed by atoms with Gasteiger partial charge in [-0.3, -0.25) is 4.79 Å². The number of aryl methyl sites for hydroxylation is 2. The van der Waals surface area contributed by atoms with Gasteiger partial charge in [0.05, 0.1) is 12.0 Å². The number of rotatable bonds is 2. The molecule has 17 heavy (non-hydrogen) atoms. The molecule has 0 aromatic carbocycles. The summed E-state index contributed by atoms with van der Waals surface area (Å²) in [5, 5.41) is 3.87. The Morgan fingerprint density at radius 2 is 2.35 bits per heavy atom.